The van der Waals surface area contributed by atoms with Crippen LogP contribution in [0.2, 0.25) is 0 Å². The summed E-state index contributed by atoms with van der Waals surface area (Å²) >= 11 is 0.470. The zero-order chi connectivity index (χ0) is 12.3. The minimum atomic E-state index is -4.42. The summed E-state index contributed by atoms with van der Waals surface area (Å²) in [6.07, 6.45) is -4.65. The molecular weight excluding hydrogens is 243 g/mol. The molecule has 2 N–H and O–H groups in total. The van der Waals surface area contributed by atoms with Crippen molar-refractivity contribution in [3.05, 3.63) is 15.8 Å². The second-order valence-corrected chi connectivity index (χ2v) is 4.11. The molecule has 0 radical (unpaired) electrons. The number of thiophene rings is 1. The number of rotatable bonds is 3. The van der Waals surface area contributed by atoms with Crippen LogP contribution < -0.4 is 5.73 Å². The maximum absolute atomic E-state index is 12.3. The van der Waals surface area contributed by atoms with Crippen LogP contribution in [0, 0.1) is 0 Å². The fourth-order valence-electron chi connectivity index (χ4n) is 1.06. The summed E-state index contributed by atoms with van der Waals surface area (Å²) in [5, 5.41) is 0. The van der Waals surface area contributed by atoms with Gasteiger partial charge >= 0.3 is 12.1 Å². The van der Waals surface area contributed by atoms with Gasteiger partial charge in [-0.2, -0.15) is 13.2 Å². The smallest absolute Gasteiger partial charge is 0.425 e. The van der Waals surface area contributed by atoms with Crippen molar-refractivity contribution in [2.75, 3.05) is 12.3 Å². The van der Waals surface area contributed by atoms with E-state index in [0.29, 0.717) is 11.3 Å². The summed E-state index contributed by atoms with van der Waals surface area (Å²) in [5.74, 6) is -0.579. The molecule has 0 aliphatic heterocycles. The molecule has 0 aliphatic carbocycles. The van der Waals surface area contributed by atoms with Crippen LogP contribution in [0.25, 0.3) is 0 Å². The number of carbonyl (C=O) groups excluding carboxylic acids is 1. The first-order chi connectivity index (χ1) is 7.34. The van der Waals surface area contributed by atoms with Crippen LogP contribution in [-0.2, 0) is 22.1 Å². The molecule has 16 heavy (non-hydrogen) atoms. The lowest BCUT2D eigenvalue weighted by Gasteiger charge is -2.01. The third-order valence-electron chi connectivity index (χ3n) is 1.73. The Morgan fingerprint density at radius 3 is 2.62 bits per heavy atom. The average Bonchev–Trinajstić information content (AvgIpc) is 2.47. The van der Waals surface area contributed by atoms with Gasteiger partial charge in [-0.1, -0.05) is 0 Å². The minimum absolute atomic E-state index is 0.0228. The molecule has 0 aromatic carbocycles. The highest BCUT2D eigenvalue weighted by molar-refractivity contribution is 7.12. The SMILES string of the molecule is CCOC(=O)Cc1sc(C(F)(F)F)cc1N. The Hall–Kier alpha value is -1.24. The van der Waals surface area contributed by atoms with Crippen LogP contribution in [0.3, 0.4) is 0 Å². The van der Waals surface area contributed by atoms with Gasteiger partial charge in [0.05, 0.1) is 13.0 Å². The Kier molecular flexibility index (Phi) is 3.79. The molecule has 0 amide bonds. The van der Waals surface area contributed by atoms with Crippen molar-refractivity contribution in [3.8, 4) is 0 Å². The van der Waals surface area contributed by atoms with Crippen molar-refractivity contribution in [1.29, 1.82) is 0 Å². The van der Waals surface area contributed by atoms with Crippen LogP contribution in [0.5, 0.6) is 0 Å². The summed E-state index contributed by atoms with van der Waals surface area (Å²) in [7, 11) is 0. The molecule has 0 spiro atoms. The van der Waals surface area contributed by atoms with E-state index in [1.807, 2.05) is 0 Å². The number of ether oxygens (including phenoxy) is 1. The average molecular weight is 253 g/mol. The van der Waals surface area contributed by atoms with Gasteiger partial charge in [-0.15, -0.1) is 11.3 Å². The summed E-state index contributed by atoms with van der Waals surface area (Å²) < 4.78 is 41.5. The first-order valence-corrected chi connectivity index (χ1v) is 5.27. The molecule has 90 valence electrons. The van der Waals surface area contributed by atoms with Gasteiger partial charge in [-0.3, -0.25) is 4.79 Å². The van der Waals surface area contributed by atoms with Crippen molar-refractivity contribution in [2.45, 2.75) is 19.5 Å². The Morgan fingerprint density at radius 1 is 1.56 bits per heavy atom. The normalized spacial score (nSPS) is 11.5. The van der Waals surface area contributed by atoms with Gasteiger partial charge in [0, 0.05) is 10.6 Å². The molecule has 1 aromatic rings. The highest BCUT2D eigenvalue weighted by Crippen LogP contribution is 2.38. The molecule has 0 aliphatic rings. The molecule has 0 unspecified atom stereocenters. The van der Waals surface area contributed by atoms with Gasteiger partial charge in [0.1, 0.15) is 4.88 Å². The predicted molar refractivity (Wildman–Crippen MR) is 54.1 cm³/mol. The Balaban J connectivity index is 2.82. The highest BCUT2D eigenvalue weighted by atomic mass is 32.1. The van der Waals surface area contributed by atoms with Gasteiger partial charge in [-0.25, -0.2) is 0 Å². The van der Waals surface area contributed by atoms with E-state index in [9.17, 15) is 18.0 Å². The fourth-order valence-corrected chi connectivity index (χ4v) is 2.00. The van der Waals surface area contributed by atoms with Crippen LogP contribution >= 0.6 is 11.3 Å². The summed E-state index contributed by atoms with van der Waals surface area (Å²) in [4.78, 5) is 10.5. The van der Waals surface area contributed by atoms with E-state index in [0.717, 1.165) is 6.07 Å². The number of nitrogen functional groups attached to an aromatic ring is 1. The molecule has 0 bridgehead atoms. The maximum atomic E-state index is 12.3. The topological polar surface area (TPSA) is 52.3 Å². The quantitative estimate of drug-likeness (QED) is 0.842. The molecule has 7 heteroatoms. The largest absolute Gasteiger partial charge is 0.466 e. The van der Waals surface area contributed by atoms with E-state index < -0.39 is 17.0 Å². The van der Waals surface area contributed by atoms with Gasteiger partial charge in [0.2, 0.25) is 0 Å². The van der Waals surface area contributed by atoms with Crippen molar-refractivity contribution in [2.24, 2.45) is 0 Å². The van der Waals surface area contributed by atoms with Gasteiger partial charge in [0.15, 0.2) is 0 Å². The first-order valence-electron chi connectivity index (χ1n) is 4.45. The van der Waals surface area contributed by atoms with Crippen LogP contribution in [-0.4, -0.2) is 12.6 Å². The van der Waals surface area contributed by atoms with Crippen molar-refractivity contribution in [3.63, 3.8) is 0 Å². The maximum Gasteiger partial charge on any atom is 0.425 e. The molecule has 0 saturated heterocycles. The zero-order valence-corrected chi connectivity index (χ0v) is 9.24. The molecule has 1 rings (SSSR count). The van der Waals surface area contributed by atoms with Crippen molar-refractivity contribution in [1.82, 2.24) is 0 Å². The summed E-state index contributed by atoms with van der Waals surface area (Å²) in [5.41, 5.74) is 5.36. The highest BCUT2D eigenvalue weighted by Gasteiger charge is 2.33. The number of esters is 1. The Bertz CT molecular complexity index is 387. The standard InChI is InChI=1S/C9H10F3NO2S/c1-2-15-8(14)4-6-5(13)3-7(16-6)9(10,11)12/h3H,2,4,13H2,1H3. The van der Waals surface area contributed by atoms with Crippen molar-refractivity contribution >= 4 is 23.0 Å². The monoisotopic (exact) mass is 253 g/mol. The lowest BCUT2D eigenvalue weighted by atomic mass is 10.3. The number of nitrogens with two attached hydrogens (primary N) is 1. The third-order valence-corrected chi connectivity index (χ3v) is 2.93. The number of carbonyl (C=O) groups is 1. The molecular formula is C9H10F3NO2S. The number of hydrogen-bond acceptors (Lipinski definition) is 4. The Morgan fingerprint density at radius 2 is 2.19 bits per heavy atom. The molecule has 0 fully saturated rings. The van der Waals surface area contributed by atoms with E-state index in [1.54, 1.807) is 6.92 Å². The van der Waals surface area contributed by atoms with Gasteiger partial charge in [0.25, 0.3) is 0 Å². The third kappa shape index (κ3) is 3.13. The number of alkyl halides is 3. The number of anilines is 1. The fraction of sp³-hybridized carbons (Fsp3) is 0.444. The van der Waals surface area contributed by atoms with Crippen LogP contribution in [0.15, 0.2) is 6.07 Å². The lowest BCUT2D eigenvalue weighted by Crippen LogP contribution is -2.07. The van der Waals surface area contributed by atoms with Gasteiger partial charge < -0.3 is 10.5 Å². The molecule has 1 heterocycles. The summed E-state index contributed by atoms with van der Waals surface area (Å²) in [6.45, 7) is 1.81. The van der Waals surface area contributed by atoms with E-state index in [1.165, 1.54) is 0 Å². The zero-order valence-electron chi connectivity index (χ0n) is 8.43. The van der Waals surface area contributed by atoms with E-state index in [-0.39, 0.29) is 23.6 Å². The number of hydrogen-bond donors (Lipinski definition) is 1. The predicted octanol–water partition coefficient (Wildman–Crippen LogP) is 2.45. The lowest BCUT2D eigenvalue weighted by molar-refractivity contribution is -0.142. The van der Waals surface area contributed by atoms with Crippen LogP contribution in [0.1, 0.15) is 16.7 Å². The Labute approximate surface area is 94.0 Å². The second kappa shape index (κ2) is 4.73. The molecule has 3 nitrogen and oxygen atoms in total. The number of halogens is 3. The first kappa shape index (κ1) is 12.8. The van der Waals surface area contributed by atoms with Crippen molar-refractivity contribution < 1.29 is 22.7 Å². The van der Waals surface area contributed by atoms with Crippen LogP contribution in [0.4, 0.5) is 18.9 Å². The molecule has 0 saturated carbocycles. The van der Waals surface area contributed by atoms with E-state index in [2.05, 4.69) is 4.74 Å². The summed E-state index contributed by atoms with van der Waals surface area (Å²) in [6, 6.07) is 0.833. The minimum Gasteiger partial charge on any atom is -0.466 e. The molecule has 1 aromatic heterocycles. The van der Waals surface area contributed by atoms with E-state index in [4.69, 9.17) is 5.73 Å². The van der Waals surface area contributed by atoms with E-state index >= 15 is 0 Å². The molecule has 0 atom stereocenters. The van der Waals surface area contributed by atoms with Gasteiger partial charge in [-0.05, 0) is 13.0 Å². The second-order valence-electron chi connectivity index (χ2n) is 2.97.